The lowest BCUT2D eigenvalue weighted by molar-refractivity contribution is -0.113. The molecule has 27 heavy (non-hydrogen) atoms. The molecule has 1 heterocycles. The van der Waals surface area contributed by atoms with E-state index in [9.17, 15) is 14.0 Å². The van der Waals surface area contributed by atoms with Gasteiger partial charge in [-0.25, -0.2) is 4.39 Å². The zero-order chi connectivity index (χ0) is 19.2. The van der Waals surface area contributed by atoms with Gasteiger partial charge in [-0.05, 0) is 59.5 Å². The van der Waals surface area contributed by atoms with Crippen LogP contribution in [0, 0.1) is 5.82 Å². The van der Waals surface area contributed by atoms with Crippen LogP contribution in [0.1, 0.15) is 15.2 Å². The van der Waals surface area contributed by atoms with E-state index in [1.807, 2.05) is 24.3 Å². The Morgan fingerprint density at radius 2 is 1.70 bits per heavy atom. The van der Waals surface area contributed by atoms with Crippen LogP contribution < -0.4 is 10.6 Å². The molecule has 0 aliphatic heterocycles. The molecule has 0 radical (unpaired) electrons. The molecule has 7 heteroatoms. The minimum atomic E-state index is -0.505. The molecular weight excluding hydrogens is 431 g/mol. The van der Waals surface area contributed by atoms with E-state index in [1.165, 1.54) is 35.6 Å². The number of nitrogens with one attached hydrogen (secondary N) is 2. The Labute approximate surface area is 167 Å². The lowest BCUT2D eigenvalue weighted by atomic mass is 10.2. The van der Waals surface area contributed by atoms with Gasteiger partial charge in [0.2, 0.25) is 0 Å². The fourth-order valence-electron chi connectivity index (χ4n) is 2.21. The molecule has 0 spiro atoms. The highest BCUT2D eigenvalue weighted by atomic mass is 79.9. The van der Waals surface area contributed by atoms with E-state index in [0.29, 0.717) is 10.6 Å². The molecule has 0 unspecified atom stereocenters. The van der Waals surface area contributed by atoms with E-state index in [1.54, 1.807) is 23.6 Å². The number of benzene rings is 2. The van der Waals surface area contributed by atoms with Crippen molar-refractivity contribution in [2.45, 2.75) is 0 Å². The van der Waals surface area contributed by atoms with Crippen LogP contribution >= 0.6 is 27.3 Å². The number of thiophene rings is 1. The number of hydrogen-bond donors (Lipinski definition) is 2. The van der Waals surface area contributed by atoms with E-state index < -0.39 is 11.7 Å². The second-order valence-corrected chi connectivity index (χ2v) is 7.37. The highest BCUT2D eigenvalue weighted by Crippen LogP contribution is 2.16. The van der Waals surface area contributed by atoms with Crippen molar-refractivity contribution >= 4 is 50.8 Å². The Morgan fingerprint density at radius 3 is 2.33 bits per heavy atom. The van der Waals surface area contributed by atoms with Gasteiger partial charge in [0, 0.05) is 10.2 Å². The molecule has 1 aromatic heterocycles. The average molecular weight is 445 g/mol. The highest BCUT2D eigenvalue weighted by Gasteiger charge is 2.15. The standard InChI is InChI=1S/C20H14BrFN2O2S/c21-14-5-3-13(4-6-14)12-17(24-20(26)18-2-1-11-27-18)19(25)23-16-9-7-15(22)8-10-16/h1-12H,(H,23,25)(H,24,26)/b17-12+. The molecular formula is C20H14BrFN2O2S. The predicted molar refractivity (Wildman–Crippen MR) is 109 cm³/mol. The van der Waals surface area contributed by atoms with Gasteiger partial charge in [-0.2, -0.15) is 0 Å². The van der Waals surface area contributed by atoms with Gasteiger partial charge in [0.15, 0.2) is 0 Å². The summed E-state index contributed by atoms with van der Waals surface area (Å²) in [7, 11) is 0. The first-order valence-electron chi connectivity index (χ1n) is 7.90. The largest absolute Gasteiger partial charge is 0.321 e. The maximum absolute atomic E-state index is 13.0. The number of carbonyl (C=O) groups is 2. The number of halogens is 2. The zero-order valence-electron chi connectivity index (χ0n) is 13.9. The van der Waals surface area contributed by atoms with Crippen LogP contribution in [0.3, 0.4) is 0 Å². The first-order chi connectivity index (χ1) is 13.0. The Hall–Kier alpha value is -2.77. The number of amides is 2. The first-order valence-corrected chi connectivity index (χ1v) is 9.57. The smallest absolute Gasteiger partial charge is 0.272 e. The number of carbonyl (C=O) groups excluding carboxylic acids is 2. The van der Waals surface area contributed by atoms with Crippen LogP contribution in [0.2, 0.25) is 0 Å². The minimum absolute atomic E-state index is 0.0834. The molecule has 2 N–H and O–H groups in total. The van der Waals surface area contributed by atoms with E-state index in [0.717, 1.165) is 10.0 Å². The Bertz CT molecular complexity index is 968. The lowest BCUT2D eigenvalue weighted by Gasteiger charge is -2.11. The Balaban J connectivity index is 1.85. The maximum atomic E-state index is 13.0. The molecule has 0 bridgehead atoms. The summed E-state index contributed by atoms with van der Waals surface area (Å²) in [4.78, 5) is 25.6. The van der Waals surface area contributed by atoms with Crippen molar-refractivity contribution in [1.29, 1.82) is 0 Å². The van der Waals surface area contributed by atoms with Gasteiger partial charge in [0.25, 0.3) is 11.8 Å². The maximum Gasteiger partial charge on any atom is 0.272 e. The molecule has 0 saturated heterocycles. The summed E-state index contributed by atoms with van der Waals surface area (Å²) in [5.41, 5.74) is 1.25. The monoisotopic (exact) mass is 444 g/mol. The molecule has 4 nitrogen and oxygen atoms in total. The van der Waals surface area contributed by atoms with E-state index in [-0.39, 0.29) is 11.6 Å². The third kappa shape index (κ3) is 5.35. The van der Waals surface area contributed by atoms with Gasteiger partial charge in [0.05, 0.1) is 4.88 Å². The normalized spacial score (nSPS) is 11.1. The van der Waals surface area contributed by atoms with E-state index in [4.69, 9.17) is 0 Å². The van der Waals surface area contributed by atoms with Gasteiger partial charge in [-0.1, -0.05) is 34.1 Å². The van der Waals surface area contributed by atoms with Crippen LogP contribution in [-0.2, 0) is 4.79 Å². The first kappa shape index (κ1) is 19.0. The molecule has 0 aliphatic rings. The minimum Gasteiger partial charge on any atom is -0.321 e. The van der Waals surface area contributed by atoms with Gasteiger partial charge in [0.1, 0.15) is 11.5 Å². The van der Waals surface area contributed by atoms with E-state index >= 15 is 0 Å². The van der Waals surface area contributed by atoms with Crippen molar-refractivity contribution in [3.05, 3.63) is 92.5 Å². The van der Waals surface area contributed by atoms with Crippen molar-refractivity contribution < 1.29 is 14.0 Å². The Kier molecular flexibility index (Phi) is 6.16. The fraction of sp³-hybridized carbons (Fsp3) is 0. The molecule has 3 rings (SSSR count). The molecule has 0 atom stereocenters. The third-order valence-corrected chi connectivity index (χ3v) is 4.92. The van der Waals surface area contributed by atoms with Crippen molar-refractivity contribution in [3.8, 4) is 0 Å². The molecule has 3 aromatic rings. The van der Waals surface area contributed by atoms with Crippen LogP contribution in [0.25, 0.3) is 6.08 Å². The van der Waals surface area contributed by atoms with Crippen LogP contribution in [0.4, 0.5) is 10.1 Å². The van der Waals surface area contributed by atoms with Gasteiger partial charge in [-0.15, -0.1) is 11.3 Å². The molecule has 0 aliphatic carbocycles. The molecule has 0 saturated carbocycles. The van der Waals surface area contributed by atoms with Crippen LogP contribution in [0.5, 0.6) is 0 Å². The third-order valence-electron chi connectivity index (χ3n) is 3.52. The van der Waals surface area contributed by atoms with Crippen LogP contribution in [-0.4, -0.2) is 11.8 Å². The summed E-state index contributed by atoms with van der Waals surface area (Å²) >= 11 is 4.64. The van der Waals surface area contributed by atoms with Crippen molar-refractivity contribution in [1.82, 2.24) is 5.32 Å². The van der Waals surface area contributed by atoms with Crippen molar-refractivity contribution in [2.75, 3.05) is 5.32 Å². The zero-order valence-corrected chi connectivity index (χ0v) is 16.3. The molecule has 2 amide bonds. The van der Waals surface area contributed by atoms with Crippen molar-refractivity contribution in [2.24, 2.45) is 0 Å². The quantitative estimate of drug-likeness (QED) is 0.540. The fourth-order valence-corrected chi connectivity index (χ4v) is 3.09. The van der Waals surface area contributed by atoms with E-state index in [2.05, 4.69) is 26.6 Å². The summed E-state index contributed by atoms with van der Waals surface area (Å²) in [6, 6.07) is 16.1. The topological polar surface area (TPSA) is 58.2 Å². The second kappa shape index (κ2) is 8.75. The van der Waals surface area contributed by atoms with Gasteiger partial charge < -0.3 is 10.6 Å². The summed E-state index contributed by atoms with van der Waals surface area (Å²) in [6.45, 7) is 0. The number of hydrogen-bond acceptors (Lipinski definition) is 3. The summed E-state index contributed by atoms with van der Waals surface area (Å²) < 4.78 is 14.0. The highest BCUT2D eigenvalue weighted by molar-refractivity contribution is 9.10. The molecule has 136 valence electrons. The van der Waals surface area contributed by atoms with Gasteiger partial charge in [-0.3, -0.25) is 9.59 Å². The Morgan fingerprint density at radius 1 is 1.00 bits per heavy atom. The number of rotatable bonds is 5. The average Bonchev–Trinajstić information content (AvgIpc) is 3.19. The molecule has 0 fully saturated rings. The second-order valence-electron chi connectivity index (χ2n) is 5.50. The summed E-state index contributed by atoms with van der Waals surface area (Å²) in [5, 5.41) is 7.09. The number of anilines is 1. The predicted octanol–water partition coefficient (Wildman–Crippen LogP) is 5.06. The lowest BCUT2D eigenvalue weighted by Crippen LogP contribution is -2.30. The van der Waals surface area contributed by atoms with Crippen molar-refractivity contribution in [3.63, 3.8) is 0 Å². The van der Waals surface area contributed by atoms with Crippen LogP contribution in [0.15, 0.2) is 76.2 Å². The van der Waals surface area contributed by atoms with Gasteiger partial charge >= 0.3 is 0 Å². The summed E-state index contributed by atoms with van der Waals surface area (Å²) in [6.07, 6.45) is 1.58. The molecule has 2 aromatic carbocycles. The summed E-state index contributed by atoms with van der Waals surface area (Å²) in [5.74, 6) is -1.28. The SMILES string of the molecule is O=C(Nc1ccc(F)cc1)/C(=C\c1ccc(Br)cc1)NC(=O)c1cccs1.